The maximum Gasteiger partial charge on any atom is 0.147 e. The van der Waals surface area contributed by atoms with Gasteiger partial charge in [-0.3, -0.25) is 4.98 Å². The van der Waals surface area contributed by atoms with Crippen molar-refractivity contribution < 1.29 is 0 Å². The maximum absolute atomic E-state index is 4.32. The first-order valence-electron chi connectivity index (χ1n) is 6.08. The summed E-state index contributed by atoms with van der Waals surface area (Å²) in [6, 6.07) is 0. The van der Waals surface area contributed by atoms with Crippen molar-refractivity contribution in [3.63, 3.8) is 0 Å². The first kappa shape index (κ1) is 13.6. The van der Waals surface area contributed by atoms with E-state index in [0.29, 0.717) is 0 Å². The largest absolute Gasteiger partial charge is 0.356 e. The molecule has 1 heterocycles. The molecular formula is C13H22N4. The quantitative estimate of drug-likeness (QED) is 0.642. The van der Waals surface area contributed by atoms with Crippen LogP contribution in [-0.4, -0.2) is 48.1 Å². The summed E-state index contributed by atoms with van der Waals surface area (Å²) in [5.41, 5.74) is 0. The zero-order valence-corrected chi connectivity index (χ0v) is 10.8. The van der Waals surface area contributed by atoms with Crippen molar-refractivity contribution in [2.45, 2.75) is 13.3 Å². The molecule has 0 radical (unpaired) electrons. The van der Waals surface area contributed by atoms with E-state index in [1.54, 1.807) is 12.4 Å². The summed E-state index contributed by atoms with van der Waals surface area (Å²) in [6.45, 7) is 9.86. The first-order chi connectivity index (χ1) is 8.27. The smallest absolute Gasteiger partial charge is 0.147 e. The molecule has 1 aromatic heterocycles. The zero-order chi connectivity index (χ0) is 12.5. The van der Waals surface area contributed by atoms with Gasteiger partial charge in [-0.2, -0.15) is 0 Å². The Balaban J connectivity index is 2.36. The number of nitrogens with zero attached hydrogens (tertiary/aromatic N) is 4. The fraction of sp³-hybridized carbons (Fsp3) is 0.538. The van der Waals surface area contributed by atoms with Crippen LogP contribution in [0.15, 0.2) is 31.2 Å². The molecule has 94 valence electrons. The van der Waals surface area contributed by atoms with E-state index in [2.05, 4.69) is 40.3 Å². The number of hydrogen-bond donors (Lipinski definition) is 0. The van der Waals surface area contributed by atoms with Gasteiger partial charge in [-0.25, -0.2) is 4.98 Å². The summed E-state index contributed by atoms with van der Waals surface area (Å²) in [5.74, 6) is 0.960. The van der Waals surface area contributed by atoms with E-state index in [1.807, 2.05) is 12.3 Å². The fourth-order valence-electron chi connectivity index (χ4n) is 1.73. The highest BCUT2D eigenvalue weighted by atomic mass is 15.2. The van der Waals surface area contributed by atoms with E-state index in [0.717, 1.165) is 38.4 Å². The molecule has 0 saturated heterocycles. The molecule has 0 aliphatic heterocycles. The Kier molecular flexibility index (Phi) is 6.25. The Morgan fingerprint density at radius 1 is 1.35 bits per heavy atom. The number of anilines is 1. The van der Waals surface area contributed by atoms with Crippen LogP contribution in [0.4, 0.5) is 5.82 Å². The van der Waals surface area contributed by atoms with Gasteiger partial charge in [-0.15, -0.1) is 6.58 Å². The lowest BCUT2D eigenvalue weighted by molar-refractivity contribution is 0.365. The molecule has 0 fully saturated rings. The second-order valence-electron chi connectivity index (χ2n) is 4.05. The van der Waals surface area contributed by atoms with Crippen LogP contribution in [0.2, 0.25) is 0 Å². The molecule has 0 amide bonds. The van der Waals surface area contributed by atoms with E-state index in [4.69, 9.17) is 0 Å². The topological polar surface area (TPSA) is 32.3 Å². The molecule has 0 bridgehead atoms. The lowest BCUT2D eigenvalue weighted by atomic mass is 10.3. The van der Waals surface area contributed by atoms with E-state index in [1.165, 1.54) is 0 Å². The van der Waals surface area contributed by atoms with E-state index >= 15 is 0 Å². The van der Waals surface area contributed by atoms with Gasteiger partial charge in [0.25, 0.3) is 0 Å². The van der Waals surface area contributed by atoms with Crippen LogP contribution in [0.3, 0.4) is 0 Å². The molecule has 1 rings (SSSR count). The first-order valence-corrected chi connectivity index (χ1v) is 6.08. The Labute approximate surface area is 104 Å². The average Bonchev–Trinajstić information content (AvgIpc) is 2.36. The maximum atomic E-state index is 4.32. The van der Waals surface area contributed by atoms with Crippen LogP contribution >= 0.6 is 0 Å². The van der Waals surface area contributed by atoms with Crippen molar-refractivity contribution in [3.8, 4) is 0 Å². The third kappa shape index (κ3) is 4.95. The molecule has 1 aromatic rings. The third-order valence-corrected chi connectivity index (χ3v) is 2.66. The van der Waals surface area contributed by atoms with Crippen LogP contribution in [0.1, 0.15) is 13.3 Å². The summed E-state index contributed by atoms with van der Waals surface area (Å²) in [6.07, 6.45) is 8.31. The van der Waals surface area contributed by atoms with Gasteiger partial charge in [0.05, 0.1) is 6.20 Å². The second-order valence-corrected chi connectivity index (χ2v) is 4.05. The van der Waals surface area contributed by atoms with E-state index < -0.39 is 0 Å². The standard InChI is InChI=1S/C13H22N4/c1-4-9-16(3)10-6-11-17(5-2)13-12-14-7-8-15-13/h4,7-8,12H,1,5-6,9-11H2,2-3H3. The number of likely N-dealkylation sites (N-methyl/N-ethyl adjacent to an activating group) is 1. The normalized spacial score (nSPS) is 10.5. The Morgan fingerprint density at radius 3 is 2.76 bits per heavy atom. The molecular weight excluding hydrogens is 212 g/mol. The van der Waals surface area contributed by atoms with Crippen molar-refractivity contribution in [2.24, 2.45) is 0 Å². The fourth-order valence-corrected chi connectivity index (χ4v) is 1.73. The summed E-state index contributed by atoms with van der Waals surface area (Å²) in [7, 11) is 2.11. The average molecular weight is 234 g/mol. The molecule has 4 nitrogen and oxygen atoms in total. The minimum Gasteiger partial charge on any atom is -0.356 e. The predicted octanol–water partition coefficient (Wildman–Crippen LogP) is 1.81. The molecule has 0 aliphatic rings. The molecule has 0 saturated carbocycles. The molecule has 0 aromatic carbocycles. The summed E-state index contributed by atoms with van der Waals surface area (Å²) in [5, 5.41) is 0. The highest BCUT2D eigenvalue weighted by molar-refractivity contribution is 5.34. The van der Waals surface area contributed by atoms with Crippen molar-refractivity contribution >= 4 is 5.82 Å². The molecule has 0 spiro atoms. The number of rotatable bonds is 8. The van der Waals surface area contributed by atoms with Crippen LogP contribution in [0.25, 0.3) is 0 Å². The van der Waals surface area contributed by atoms with Crippen molar-refractivity contribution in [1.82, 2.24) is 14.9 Å². The second kappa shape index (κ2) is 7.79. The number of hydrogen-bond acceptors (Lipinski definition) is 4. The van der Waals surface area contributed by atoms with Crippen molar-refractivity contribution in [3.05, 3.63) is 31.2 Å². The zero-order valence-electron chi connectivity index (χ0n) is 10.8. The van der Waals surface area contributed by atoms with Crippen LogP contribution in [0.5, 0.6) is 0 Å². The molecule has 0 N–H and O–H groups in total. The Morgan fingerprint density at radius 2 is 2.18 bits per heavy atom. The summed E-state index contributed by atoms with van der Waals surface area (Å²) in [4.78, 5) is 12.9. The highest BCUT2D eigenvalue weighted by Gasteiger charge is 2.05. The minimum atomic E-state index is 0.942. The highest BCUT2D eigenvalue weighted by Crippen LogP contribution is 2.07. The molecule has 4 heteroatoms. The van der Waals surface area contributed by atoms with Gasteiger partial charge in [0.15, 0.2) is 0 Å². The van der Waals surface area contributed by atoms with Gasteiger partial charge in [0.1, 0.15) is 5.82 Å². The lowest BCUT2D eigenvalue weighted by Crippen LogP contribution is -2.28. The van der Waals surface area contributed by atoms with Crippen molar-refractivity contribution in [1.29, 1.82) is 0 Å². The molecule has 17 heavy (non-hydrogen) atoms. The van der Waals surface area contributed by atoms with Gasteiger partial charge in [-0.1, -0.05) is 6.08 Å². The minimum absolute atomic E-state index is 0.942. The van der Waals surface area contributed by atoms with Gasteiger partial charge >= 0.3 is 0 Å². The van der Waals surface area contributed by atoms with Gasteiger partial charge in [0, 0.05) is 32.0 Å². The monoisotopic (exact) mass is 234 g/mol. The van der Waals surface area contributed by atoms with Gasteiger partial charge in [0.2, 0.25) is 0 Å². The summed E-state index contributed by atoms with van der Waals surface area (Å²) >= 11 is 0. The van der Waals surface area contributed by atoms with E-state index in [-0.39, 0.29) is 0 Å². The third-order valence-electron chi connectivity index (χ3n) is 2.66. The van der Waals surface area contributed by atoms with Crippen LogP contribution in [0, 0.1) is 0 Å². The molecule has 0 atom stereocenters. The summed E-state index contributed by atoms with van der Waals surface area (Å²) < 4.78 is 0. The van der Waals surface area contributed by atoms with Gasteiger partial charge in [-0.05, 0) is 26.9 Å². The predicted molar refractivity (Wildman–Crippen MR) is 72.2 cm³/mol. The Hall–Kier alpha value is -1.42. The van der Waals surface area contributed by atoms with Crippen molar-refractivity contribution in [2.75, 3.05) is 38.1 Å². The van der Waals surface area contributed by atoms with E-state index in [9.17, 15) is 0 Å². The number of aromatic nitrogens is 2. The van der Waals surface area contributed by atoms with Crippen LogP contribution in [-0.2, 0) is 0 Å². The van der Waals surface area contributed by atoms with Gasteiger partial charge < -0.3 is 9.80 Å². The SMILES string of the molecule is C=CCN(C)CCCN(CC)c1cnccn1. The Bertz CT molecular complexity index is 312. The lowest BCUT2D eigenvalue weighted by Gasteiger charge is -2.22. The van der Waals surface area contributed by atoms with Crippen LogP contribution < -0.4 is 4.90 Å². The molecule has 0 aliphatic carbocycles. The molecule has 0 unspecified atom stereocenters.